The van der Waals surface area contributed by atoms with Gasteiger partial charge in [-0.05, 0) is 42.5 Å². The Morgan fingerprint density at radius 1 is 1.00 bits per heavy atom. The summed E-state index contributed by atoms with van der Waals surface area (Å²) in [5.41, 5.74) is 0.547. The van der Waals surface area contributed by atoms with Crippen LogP contribution in [0.2, 0.25) is 0 Å². The minimum Gasteiger partial charge on any atom is -0.478 e. The lowest BCUT2D eigenvalue weighted by atomic mass is 10.1. The van der Waals surface area contributed by atoms with Crippen LogP contribution in [-0.2, 0) is 0 Å². The van der Waals surface area contributed by atoms with Crippen LogP contribution in [0.15, 0.2) is 48.5 Å². The lowest BCUT2D eigenvalue weighted by Gasteiger charge is -2.08. The van der Waals surface area contributed by atoms with Gasteiger partial charge in [-0.3, -0.25) is 0 Å². The number of hydrogen-bond donors (Lipinski definition) is 2. The molecule has 0 spiro atoms. The van der Waals surface area contributed by atoms with Crippen LogP contribution in [0.3, 0.4) is 0 Å². The van der Waals surface area contributed by atoms with Gasteiger partial charge in [-0.2, -0.15) is 0 Å². The summed E-state index contributed by atoms with van der Waals surface area (Å²) in [5, 5.41) is 25.8. The maximum atomic E-state index is 13.1. The third-order valence-electron chi connectivity index (χ3n) is 3.33. The van der Waals surface area contributed by atoms with Crippen LogP contribution >= 0.6 is 0 Å². The Kier molecular flexibility index (Phi) is 3.78. The van der Waals surface area contributed by atoms with Crippen LogP contribution in [0, 0.1) is 5.82 Å². The Labute approximate surface area is 134 Å². The first-order valence-corrected chi connectivity index (χ1v) is 6.76. The van der Waals surface area contributed by atoms with Crippen LogP contribution in [0.5, 0.6) is 0 Å². The normalized spacial score (nSPS) is 10.5. The average Bonchev–Trinajstić information content (AvgIpc) is 3.01. The number of hydrogen-bond acceptors (Lipinski definition) is 4. The Morgan fingerprint density at radius 3 is 2.33 bits per heavy atom. The molecule has 0 aliphatic rings. The fourth-order valence-electron chi connectivity index (χ4n) is 2.24. The van der Waals surface area contributed by atoms with Crippen molar-refractivity contribution in [2.24, 2.45) is 0 Å². The summed E-state index contributed by atoms with van der Waals surface area (Å²) in [6.07, 6.45) is 0. The first-order valence-electron chi connectivity index (χ1n) is 6.76. The van der Waals surface area contributed by atoms with Crippen molar-refractivity contribution in [2.75, 3.05) is 0 Å². The number of carboxylic acid groups (broad SMARTS) is 2. The highest BCUT2D eigenvalue weighted by molar-refractivity contribution is 5.93. The standard InChI is InChI=1S/C16H10FN3O4/c17-11-6-4-9(5-7-11)14-13(16(23)24)18-19-20(14)12-3-1-2-10(8-12)15(21)22/h1-8H,(H,21,22)(H,23,24). The molecule has 0 aliphatic carbocycles. The number of aromatic carboxylic acids is 2. The van der Waals surface area contributed by atoms with E-state index in [1.165, 1.54) is 47.1 Å². The Hall–Kier alpha value is -3.55. The van der Waals surface area contributed by atoms with Crippen molar-refractivity contribution in [1.82, 2.24) is 15.0 Å². The first kappa shape index (κ1) is 15.3. The van der Waals surface area contributed by atoms with Crippen molar-refractivity contribution in [2.45, 2.75) is 0 Å². The maximum Gasteiger partial charge on any atom is 0.358 e. The molecule has 3 rings (SSSR count). The third-order valence-corrected chi connectivity index (χ3v) is 3.33. The number of benzene rings is 2. The van der Waals surface area contributed by atoms with E-state index in [1.807, 2.05) is 0 Å². The molecule has 0 bridgehead atoms. The number of carbonyl (C=O) groups is 2. The van der Waals surface area contributed by atoms with Gasteiger partial charge in [0.2, 0.25) is 0 Å². The second-order valence-corrected chi connectivity index (χ2v) is 4.87. The van der Waals surface area contributed by atoms with Crippen molar-refractivity contribution in [3.8, 4) is 16.9 Å². The van der Waals surface area contributed by atoms with Crippen LogP contribution in [0.4, 0.5) is 4.39 Å². The average molecular weight is 327 g/mol. The molecule has 0 amide bonds. The summed E-state index contributed by atoms with van der Waals surface area (Å²) in [6.45, 7) is 0. The fraction of sp³-hybridized carbons (Fsp3) is 0. The van der Waals surface area contributed by atoms with Gasteiger partial charge in [0.1, 0.15) is 11.5 Å². The predicted molar refractivity (Wildman–Crippen MR) is 80.7 cm³/mol. The molecule has 2 aromatic carbocycles. The van der Waals surface area contributed by atoms with Crippen LogP contribution in [0.1, 0.15) is 20.8 Å². The van der Waals surface area contributed by atoms with E-state index in [2.05, 4.69) is 10.3 Å². The van der Waals surface area contributed by atoms with E-state index in [1.54, 1.807) is 6.07 Å². The lowest BCUT2D eigenvalue weighted by Crippen LogP contribution is -2.05. The summed E-state index contributed by atoms with van der Waals surface area (Å²) >= 11 is 0. The number of rotatable bonds is 4. The molecular weight excluding hydrogens is 317 g/mol. The predicted octanol–water partition coefficient (Wildman–Crippen LogP) is 2.47. The van der Waals surface area contributed by atoms with Gasteiger partial charge >= 0.3 is 11.9 Å². The minimum absolute atomic E-state index is 0.0185. The van der Waals surface area contributed by atoms with E-state index in [0.717, 1.165) is 0 Å². The maximum absolute atomic E-state index is 13.1. The van der Waals surface area contributed by atoms with Crippen LogP contribution < -0.4 is 0 Å². The van der Waals surface area contributed by atoms with E-state index >= 15 is 0 Å². The number of halogens is 1. The molecule has 0 radical (unpaired) electrons. The molecule has 1 heterocycles. The van der Waals surface area contributed by atoms with E-state index in [-0.39, 0.29) is 17.0 Å². The summed E-state index contributed by atoms with van der Waals surface area (Å²) in [6, 6.07) is 11.0. The van der Waals surface area contributed by atoms with E-state index < -0.39 is 17.8 Å². The van der Waals surface area contributed by atoms with Crippen molar-refractivity contribution < 1.29 is 24.2 Å². The minimum atomic E-state index is -1.30. The van der Waals surface area contributed by atoms with Crippen molar-refractivity contribution >= 4 is 11.9 Å². The quantitative estimate of drug-likeness (QED) is 0.762. The molecular formula is C16H10FN3O4. The highest BCUT2D eigenvalue weighted by Crippen LogP contribution is 2.26. The van der Waals surface area contributed by atoms with Gasteiger partial charge in [-0.1, -0.05) is 11.3 Å². The fourth-order valence-corrected chi connectivity index (χ4v) is 2.24. The molecule has 3 aromatic rings. The molecule has 8 heteroatoms. The highest BCUT2D eigenvalue weighted by Gasteiger charge is 2.22. The Bertz CT molecular complexity index is 935. The zero-order valence-corrected chi connectivity index (χ0v) is 12.0. The first-order chi connectivity index (χ1) is 11.5. The molecule has 0 unspecified atom stereocenters. The Morgan fingerprint density at radius 2 is 1.71 bits per heavy atom. The zero-order valence-electron chi connectivity index (χ0n) is 12.0. The van der Waals surface area contributed by atoms with Crippen LogP contribution in [-0.4, -0.2) is 37.1 Å². The molecule has 0 atom stereocenters. The van der Waals surface area contributed by atoms with Gasteiger partial charge in [0.25, 0.3) is 0 Å². The Balaban J connectivity index is 2.22. The summed E-state index contributed by atoms with van der Waals surface area (Å²) in [5.74, 6) is -2.89. The number of nitrogens with zero attached hydrogens (tertiary/aromatic N) is 3. The van der Waals surface area contributed by atoms with Gasteiger partial charge < -0.3 is 10.2 Å². The zero-order chi connectivity index (χ0) is 17.3. The van der Waals surface area contributed by atoms with Gasteiger partial charge in [0, 0.05) is 5.56 Å². The SMILES string of the molecule is O=C(O)c1cccc(-n2nnc(C(=O)O)c2-c2ccc(F)cc2)c1. The van der Waals surface area contributed by atoms with Gasteiger partial charge in [-0.25, -0.2) is 18.7 Å². The van der Waals surface area contributed by atoms with Gasteiger partial charge in [-0.15, -0.1) is 5.10 Å². The summed E-state index contributed by atoms with van der Waals surface area (Å²) in [7, 11) is 0. The second-order valence-electron chi connectivity index (χ2n) is 4.87. The molecule has 24 heavy (non-hydrogen) atoms. The third kappa shape index (κ3) is 2.72. The van der Waals surface area contributed by atoms with E-state index in [9.17, 15) is 19.1 Å². The monoisotopic (exact) mass is 327 g/mol. The molecule has 1 aromatic heterocycles. The summed E-state index contributed by atoms with van der Waals surface area (Å²) in [4.78, 5) is 22.5. The molecule has 0 saturated carbocycles. The molecule has 7 nitrogen and oxygen atoms in total. The largest absolute Gasteiger partial charge is 0.478 e. The van der Waals surface area contributed by atoms with E-state index in [4.69, 9.17) is 5.11 Å². The van der Waals surface area contributed by atoms with Gasteiger partial charge in [0.15, 0.2) is 5.69 Å². The molecule has 120 valence electrons. The number of carboxylic acids is 2. The van der Waals surface area contributed by atoms with Crippen LogP contribution in [0.25, 0.3) is 16.9 Å². The van der Waals surface area contributed by atoms with E-state index in [0.29, 0.717) is 11.3 Å². The van der Waals surface area contributed by atoms with Crippen molar-refractivity contribution in [3.05, 3.63) is 65.6 Å². The number of aromatic nitrogens is 3. The molecule has 2 N–H and O–H groups in total. The molecule has 0 aliphatic heterocycles. The summed E-state index contributed by atoms with van der Waals surface area (Å²) < 4.78 is 14.3. The smallest absolute Gasteiger partial charge is 0.358 e. The highest BCUT2D eigenvalue weighted by atomic mass is 19.1. The molecule has 0 fully saturated rings. The lowest BCUT2D eigenvalue weighted by molar-refractivity contribution is 0.0683. The van der Waals surface area contributed by atoms with Crippen molar-refractivity contribution in [1.29, 1.82) is 0 Å². The van der Waals surface area contributed by atoms with Gasteiger partial charge in [0.05, 0.1) is 11.3 Å². The molecule has 0 saturated heterocycles. The topological polar surface area (TPSA) is 105 Å². The second kappa shape index (κ2) is 5.92. The van der Waals surface area contributed by atoms with Crippen molar-refractivity contribution in [3.63, 3.8) is 0 Å².